The minimum absolute atomic E-state index is 0.360. The molecule has 92 valence electrons. The minimum Gasteiger partial charge on any atom is -0.348 e. The van der Waals surface area contributed by atoms with Gasteiger partial charge < -0.3 is 9.47 Å². The molecule has 0 aromatic rings. The number of hydrogen-bond acceptors (Lipinski definition) is 2. The second kappa shape index (κ2) is 3.96. The van der Waals surface area contributed by atoms with E-state index in [1.165, 1.54) is 38.5 Å². The molecule has 0 unspecified atom stereocenters. The van der Waals surface area contributed by atoms with Crippen LogP contribution in [0, 0.1) is 11.8 Å². The Labute approximate surface area is 103 Å². The normalized spacial score (nSPS) is 44.2. The van der Waals surface area contributed by atoms with Crippen molar-refractivity contribution in [1.82, 2.24) is 0 Å². The van der Waals surface area contributed by atoms with Crippen LogP contribution in [0.2, 0.25) is 0 Å². The van der Waals surface area contributed by atoms with Crippen molar-refractivity contribution in [2.24, 2.45) is 11.8 Å². The summed E-state index contributed by atoms with van der Waals surface area (Å²) >= 11 is 0. The van der Waals surface area contributed by atoms with Gasteiger partial charge in [-0.1, -0.05) is 12.2 Å². The Morgan fingerprint density at radius 3 is 1.82 bits per heavy atom. The molecule has 0 radical (unpaired) electrons. The molecule has 0 N–H and O–H groups in total. The van der Waals surface area contributed by atoms with Crippen molar-refractivity contribution in [1.29, 1.82) is 0 Å². The van der Waals surface area contributed by atoms with Crippen LogP contribution in [0.1, 0.15) is 38.5 Å². The van der Waals surface area contributed by atoms with Crippen molar-refractivity contribution in [3.63, 3.8) is 0 Å². The largest absolute Gasteiger partial charge is 0.348 e. The van der Waals surface area contributed by atoms with Crippen LogP contribution >= 0.6 is 0 Å². The van der Waals surface area contributed by atoms with Crippen LogP contribution < -0.4 is 0 Å². The van der Waals surface area contributed by atoms with Crippen LogP contribution in [0.5, 0.6) is 0 Å². The topological polar surface area (TPSA) is 18.5 Å². The molecule has 0 spiro atoms. The standard InChI is InChI=1S/C15H20O2/c1-3-10-7-8-11-4-2-6-13-15(11)14(10)12(5-1)16-9-17-13/h7-8,10-13H,1-6,9H2/t10-,11+,12-,13-/m0/s1. The highest BCUT2D eigenvalue weighted by atomic mass is 16.7. The molecule has 0 bridgehead atoms. The van der Waals surface area contributed by atoms with Gasteiger partial charge in [0.2, 0.25) is 0 Å². The molecule has 1 heterocycles. The summed E-state index contributed by atoms with van der Waals surface area (Å²) in [5.41, 5.74) is 3.23. The lowest BCUT2D eigenvalue weighted by molar-refractivity contribution is -0.0978. The number of allylic oxidation sites excluding steroid dienone is 2. The zero-order valence-electron chi connectivity index (χ0n) is 10.2. The van der Waals surface area contributed by atoms with Gasteiger partial charge >= 0.3 is 0 Å². The summed E-state index contributed by atoms with van der Waals surface area (Å²) in [6.45, 7) is 0.502. The fraction of sp³-hybridized carbons (Fsp3) is 0.733. The van der Waals surface area contributed by atoms with E-state index in [9.17, 15) is 0 Å². The summed E-state index contributed by atoms with van der Waals surface area (Å²) in [6, 6.07) is 0. The molecule has 4 aliphatic rings. The Bertz CT molecular complexity index is 348. The van der Waals surface area contributed by atoms with Crippen molar-refractivity contribution in [2.45, 2.75) is 50.7 Å². The van der Waals surface area contributed by atoms with E-state index in [1.54, 1.807) is 11.1 Å². The van der Waals surface area contributed by atoms with Gasteiger partial charge in [0.25, 0.3) is 0 Å². The Balaban J connectivity index is 1.82. The molecule has 17 heavy (non-hydrogen) atoms. The first-order valence-electron chi connectivity index (χ1n) is 7.09. The molecule has 0 aromatic heterocycles. The summed E-state index contributed by atoms with van der Waals surface area (Å²) < 4.78 is 11.9. The van der Waals surface area contributed by atoms with Crippen molar-refractivity contribution in [3.05, 3.63) is 23.3 Å². The molecule has 1 aliphatic heterocycles. The second-order valence-corrected chi connectivity index (χ2v) is 5.80. The molecule has 2 saturated carbocycles. The van der Waals surface area contributed by atoms with Gasteiger partial charge in [-0.3, -0.25) is 0 Å². The van der Waals surface area contributed by atoms with E-state index in [4.69, 9.17) is 9.47 Å². The van der Waals surface area contributed by atoms with Gasteiger partial charge in [-0.15, -0.1) is 0 Å². The van der Waals surface area contributed by atoms with Crippen LogP contribution in [0.4, 0.5) is 0 Å². The van der Waals surface area contributed by atoms with Gasteiger partial charge in [-0.05, 0) is 49.7 Å². The number of rotatable bonds is 0. The third-order valence-corrected chi connectivity index (χ3v) is 4.90. The summed E-state index contributed by atoms with van der Waals surface area (Å²) in [6.07, 6.45) is 13.2. The lowest BCUT2D eigenvalue weighted by Gasteiger charge is -2.39. The van der Waals surface area contributed by atoms with E-state index in [0.717, 1.165) is 0 Å². The van der Waals surface area contributed by atoms with Crippen LogP contribution in [0.3, 0.4) is 0 Å². The third kappa shape index (κ3) is 1.54. The molecular formula is C15H20O2. The monoisotopic (exact) mass is 232 g/mol. The van der Waals surface area contributed by atoms with E-state index < -0.39 is 0 Å². The molecule has 2 fully saturated rings. The number of hydrogen-bond donors (Lipinski definition) is 0. The number of ether oxygens (including phenoxy) is 2. The van der Waals surface area contributed by atoms with E-state index in [1.807, 2.05) is 0 Å². The van der Waals surface area contributed by atoms with E-state index in [-0.39, 0.29) is 0 Å². The fourth-order valence-electron chi connectivity index (χ4n) is 4.16. The maximum absolute atomic E-state index is 5.94. The summed E-state index contributed by atoms with van der Waals surface area (Å²) in [5.74, 6) is 1.31. The molecule has 4 atom stereocenters. The zero-order valence-corrected chi connectivity index (χ0v) is 10.2. The first-order chi connectivity index (χ1) is 8.43. The molecule has 2 nitrogen and oxygen atoms in total. The average molecular weight is 232 g/mol. The lowest BCUT2D eigenvalue weighted by atomic mass is 9.68. The van der Waals surface area contributed by atoms with Gasteiger partial charge in [-0.25, -0.2) is 0 Å². The smallest absolute Gasteiger partial charge is 0.148 e. The Morgan fingerprint density at radius 2 is 1.29 bits per heavy atom. The van der Waals surface area contributed by atoms with Crippen LogP contribution in [-0.4, -0.2) is 19.0 Å². The van der Waals surface area contributed by atoms with Gasteiger partial charge in [-0.2, -0.15) is 0 Å². The zero-order chi connectivity index (χ0) is 11.2. The summed E-state index contributed by atoms with van der Waals surface area (Å²) in [5, 5.41) is 0. The maximum Gasteiger partial charge on any atom is 0.148 e. The molecule has 0 aromatic carbocycles. The molecule has 0 saturated heterocycles. The maximum atomic E-state index is 5.94. The molecule has 3 aliphatic carbocycles. The first-order valence-corrected chi connectivity index (χ1v) is 7.09. The highest BCUT2D eigenvalue weighted by Crippen LogP contribution is 2.47. The van der Waals surface area contributed by atoms with E-state index in [2.05, 4.69) is 12.2 Å². The molecular weight excluding hydrogens is 212 g/mol. The van der Waals surface area contributed by atoms with E-state index >= 15 is 0 Å². The van der Waals surface area contributed by atoms with Crippen LogP contribution in [0.15, 0.2) is 23.3 Å². The SMILES string of the molecule is C1=C[C@H]2CCC[C@@H]3OCO[C@H]4CCC[C@@H]1C4=C32. The predicted molar refractivity (Wildman–Crippen MR) is 65.5 cm³/mol. The van der Waals surface area contributed by atoms with Crippen molar-refractivity contribution in [2.75, 3.05) is 6.79 Å². The van der Waals surface area contributed by atoms with Gasteiger partial charge in [0.1, 0.15) is 6.79 Å². The van der Waals surface area contributed by atoms with Crippen molar-refractivity contribution >= 4 is 0 Å². The molecule has 2 heteroatoms. The van der Waals surface area contributed by atoms with E-state index in [0.29, 0.717) is 30.8 Å². The van der Waals surface area contributed by atoms with Crippen molar-refractivity contribution in [3.8, 4) is 0 Å². The molecule has 4 rings (SSSR count). The highest BCUT2D eigenvalue weighted by Gasteiger charge is 2.40. The first kappa shape index (κ1) is 10.3. The van der Waals surface area contributed by atoms with Crippen LogP contribution in [-0.2, 0) is 9.47 Å². The average Bonchev–Trinajstić information content (AvgIpc) is 2.57. The second-order valence-electron chi connectivity index (χ2n) is 5.80. The summed E-state index contributed by atoms with van der Waals surface area (Å²) in [7, 11) is 0. The Kier molecular flexibility index (Phi) is 2.41. The third-order valence-electron chi connectivity index (χ3n) is 4.90. The van der Waals surface area contributed by atoms with Gasteiger partial charge in [0, 0.05) is 11.8 Å². The predicted octanol–water partition coefficient (Wildman–Crippen LogP) is 3.19. The quantitative estimate of drug-likeness (QED) is 0.597. The van der Waals surface area contributed by atoms with Crippen molar-refractivity contribution < 1.29 is 9.47 Å². The van der Waals surface area contributed by atoms with Gasteiger partial charge in [0.15, 0.2) is 0 Å². The lowest BCUT2D eigenvalue weighted by Crippen LogP contribution is -2.33. The summed E-state index contributed by atoms with van der Waals surface area (Å²) in [4.78, 5) is 0. The minimum atomic E-state index is 0.360. The van der Waals surface area contributed by atoms with Crippen LogP contribution in [0.25, 0.3) is 0 Å². The fourth-order valence-corrected chi connectivity index (χ4v) is 4.16. The molecule has 0 amide bonds. The van der Waals surface area contributed by atoms with Gasteiger partial charge in [0.05, 0.1) is 12.2 Å². The highest BCUT2D eigenvalue weighted by molar-refractivity contribution is 5.38. The Hall–Kier alpha value is -0.600. The Morgan fingerprint density at radius 1 is 0.765 bits per heavy atom.